The van der Waals surface area contributed by atoms with Crippen molar-refractivity contribution in [2.45, 2.75) is 6.92 Å². The molecule has 4 aromatic rings. The van der Waals surface area contributed by atoms with Crippen molar-refractivity contribution in [3.8, 4) is 17.0 Å². The zero-order chi connectivity index (χ0) is 21.5. The van der Waals surface area contributed by atoms with Crippen LogP contribution in [0.4, 0.5) is 17.2 Å². The van der Waals surface area contributed by atoms with Crippen LogP contribution in [0.1, 0.15) is 5.56 Å². The average Bonchev–Trinajstić information content (AvgIpc) is 2.81. The Morgan fingerprint density at radius 1 is 0.871 bits per heavy atom. The first-order valence-electron chi connectivity index (χ1n) is 9.90. The molecule has 0 atom stereocenters. The molecule has 0 saturated heterocycles. The topological polar surface area (TPSA) is 76.1 Å². The SMILES string of the molecule is Cc1ccccc1OCC(=O)Nc1ccc(Nc2cc(-c3ccccc3)ncn2)cc1. The highest BCUT2D eigenvalue weighted by Crippen LogP contribution is 2.22. The number of rotatable bonds is 7. The van der Waals surface area contributed by atoms with Gasteiger partial charge in [-0.3, -0.25) is 4.79 Å². The monoisotopic (exact) mass is 410 g/mol. The summed E-state index contributed by atoms with van der Waals surface area (Å²) in [6.07, 6.45) is 1.54. The molecule has 0 aliphatic carbocycles. The second-order valence-electron chi connectivity index (χ2n) is 6.96. The molecule has 0 saturated carbocycles. The molecule has 0 fully saturated rings. The van der Waals surface area contributed by atoms with Gasteiger partial charge in [0.2, 0.25) is 0 Å². The Kier molecular flexibility index (Phi) is 6.18. The summed E-state index contributed by atoms with van der Waals surface area (Å²) in [5, 5.41) is 6.09. The first kappa shape index (κ1) is 20.1. The van der Waals surface area contributed by atoms with E-state index in [0.717, 1.165) is 22.5 Å². The Hall–Kier alpha value is -4.19. The fourth-order valence-electron chi connectivity index (χ4n) is 3.04. The van der Waals surface area contributed by atoms with Crippen LogP contribution in [0.2, 0.25) is 0 Å². The summed E-state index contributed by atoms with van der Waals surface area (Å²) in [5.41, 5.74) is 4.41. The van der Waals surface area contributed by atoms with Crippen LogP contribution in [0.5, 0.6) is 5.75 Å². The van der Waals surface area contributed by atoms with Gasteiger partial charge >= 0.3 is 0 Å². The highest BCUT2D eigenvalue weighted by molar-refractivity contribution is 5.92. The van der Waals surface area contributed by atoms with E-state index in [4.69, 9.17) is 4.74 Å². The summed E-state index contributed by atoms with van der Waals surface area (Å²) in [5.74, 6) is 1.18. The van der Waals surface area contributed by atoms with Crippen LogP contribution in [0.3, 0.4) is 0 Å². The van der Waals surface area contributed by atoms with Crippen LogP contribution in [-0.2, 0) is 4.79 Å². The molecule has 6 heteroatoms. The number of carbonyl (C=O) groups is 1. The number of hydrogen-bond acceptors (Lipinski definition) is 5. The van der Waals surface area contributed by atoms with Crippen molar-refractivity contribution >= 4 is 23.1 Å². The van der Waals surface area contributed by atoms with Crippen LogP contribution in [0, 0.1) is 6.92 Å². The molecule has 6 nitrogen and oxygen atoms in total. The molecule has 0 unspecified atom stereocenters. The van der Waals surface area contributed by atoms with Gasteiger partial charge in [-0.25, -0.2) is 9.97 Å². The molecule has 0 radical (unpaired) electrons. The van der Waals surface area contributed by atoms with E-state index >= 15 is 0 Å². The minimum absolute atomic E-state index is 0.0476. The number of carbonyl (C=O) groups excluding carboxylic acids is 1. The largest absolute Gasteiger partial charge is 0.483 e. The fourth-order valence-corrected chi connectivity index (χ4v) is 3.04. The highest BCUT2D eigenvalue weighted by atomic mass is 16.5. The van der Waals surface area contributed by atoms with E-state index in [1.807, 2.05) is 91.9 Å². The summed E-state index contributed by atoms with van der Waals surface area (Å²) in [6.45, 7) is 1.90. The predicted molar refractivity (Wildman–Crippen MR) is 122 cm³/mol. The Balaban J connectivity index is 1.34. The van der Waals surface area contributed by atoms with Crippen molar-refractivity contribution < 1.29 is 9.53 Å². The molecule has 154 valence electrons. The van der Waals surface area contributed by atoms with Gasteiger partial charge in [0.1, 0.15) is 17.9 Å². The van der Waals surface area contributed by atoms with E-state index in [1.165, 1.54) is 6.33 Å². The van der Waals surface area contributed by atoms with Crippen molar-refractivity contribution in [1.82, 2.24) is 9.97 Å². The number of amides is 1. The second kappa shape index (κ2) is 9.54. The summed E-state index contributed by atoms with van der Waals surface area (Å²) < 4.78 is 5.58. The molecule has 0 aliphatic rings. The maximum Gasteiger partial charge on any atom is 0.262 e. The van der Waals surface area contributed by atoms with Gasteiger partial charge < -0.3 is 15.4 Å². The van der Waals surface area contributed by atoms with Crippen LogP contribution < -0.4 is 15.4 Å². The van der Waals surface area contributed by atoms with Crippen LogP contribution >= 0.6 is 0 Å². The van der Waals surface area contributed by atoms with E-state index < -0.39 is 0 Å². The van der Waals surface area contributed by atoms with Crippen molar-refractivity contribution in [2.24, 2.45) is 0 Å². The van der Waals surface area contributed by atoms with Crippen LogP contribution in [0.15, 0.2) is 91.3 Å². The smallest absolute Gasteiger partial charge is 0.262 e. The second-order valence-corrected chi connectivity index (χ2v) is 6.96. The number of aromatic nitrogens is 2. The molecular formula is C25H22N4O2. The number of anilines is 3. The van der Waals surface area contributed by atoms with Gasteiger partial charge in [0.05, 0.1) is 5.69 Å². The summed E-state index contributed by atoms with van der Waals surface area (Å²) >= 11 is 0. The molecule has 1 aromatic heterocycles. The Bertz CT molecular complexity index is 1160. The third-order valence-corrected chi connectivity index (χ3v) is 4.63. The fraction of sp³-hybridized carbons (Fsp3) is 0.0800. The van der Waals surface area contributed by atoms with Gasteiger partial charge in [0, 0.05) is 23.0 Å². The molecule has 0 spiro atoms. The minimum Gasteiger partial charge on any atom is -0.483 e. The van der Waals surface area contributed by atoms with E-state index in [1.54, 1.807) is 0 Å². The average molecular weight is 410 g/mol. The number of aryl methyl sites for hydroxylation is 1. The number of ether oxygens (including phenoxy) is 1. The third-order valence-electron chi connectivity index (χ3n) is 4.63. The summed E-state index contributed by atoms with van der Waals surface area (Å²) in [4.78, 5) is 20.8. The molecular weight excluding hydrogens is 388 g/mol. The molecule has 1 heterocycles. The summed E-state index contributed by atoms with van der Waals surface area (Å²) in [7, 11) is 0. The van der Waals surface area contributed by atoms with E-state index in [0.29, 0.717) is 17.3 Å². The van der Waals surface area contributed by atoms with Crippen molar-refractivity contribution in [1.29, 1.82) is 0 Å². The maximum atomic E-state index is 12.2. The lowest BCUT2D eigenvalue weighted by molar-refractivity contribution is -0.118. The van der Waals surface area contributed by atoms with Crippen molar-refractivity contribution in [3.63, 3.8) is 0 Å². The Labute approximate surface area is 181 Å². The zero-order valence-corrected chi connectivity index (χ0v) is 17.1. The molecule has 1 amide bonds. The molecule has 31 heavy (non-hydrogen) atoms. The third kappa shape index (κ3) is 5.45. The maximum absolute atomic E-state index is 12.2. The Morgan fingerprint density at radius 2 is 1.58 bits per heavy atom. The predicted octanol–water partition coefficient (Wildman–Crippen LogP) is 5.21. The van der Waals surface area contributed by atoms with Crippen LogP contribution in [0.25, 0.3) is 11.3 Å². The van der Waals surface area contributed by atoms with E-state index in [2.05, 4.69) is 20.6 Å². The zero-order valence-electron chi connectivity index (χ0n) is 17.1. The van der Waals surface area contributed by atoms with Gasteiger partial charge in [-0.05, 0) is 42.8 Å². The lowest BCUT2D eigenvalue weighted by Gasteiger charge is -2.10. The van der Waals surface area contributed by atoms with Gasteiger partial charge in [0.25, 0.3) is 5.91 Å². The number of hydrogen-bond donors (Lipinski definition) is 2. The van der Waals surface area contributed by atoms with E-state index in [-0.39, 0.29) is 12.5 Å². The molecule has 4 rings (SSSR count). The minimum atomic E-state index is -0.215. The standard InChI is InChI=1S/C25H22N4O2/c1-18-7-5-6-10-23(18)31-16-25(30)29-21-13-11-20(12-14-21)28-24-15-22(26-17-27-24)19-8-3-2-4-9-19/h2-15,17H,16H2,1H3,(H,29,30)(H,26,27,28). The molecule has 3 aromatic carbocycles. The quantitative estimate of drug-likeness (QED) is 0.437. The lowest BCUT2D eigenvalue weighted by atomic mass is 10.1. The van der Waals surface area contributed by atoms with E-state index in [9.17, 15) is 4.79 Å². The molecule has 2 N–H and O–H groups in total. The number of nitrogens with one attached hydrogen (secondary N) is 2. The number of benzene rings is 3. The normalized spacial score (nSPS) is 10.4. The molecule has 0 aliphatic heterocycles. The van der Waals surface area contributed by atoms with Crippen LogP contribution in [-0.4, -0.2) is 22.5 Å². The van der Waals surface area contributed by atoms with Gasteiger partial charge in [-0.1, -0.05) is 48.5 Å². The van der Waals surface area contributed by atoms with Crippen molar-refractivity contribution in [3.05, 3.63) is 96.8 Å². The van der Waals surface area contributed by atoms with Gasteiger partial charge in [-0.15, -0.1) is 0 Å². The van der Waals surface area contributed by atoms with Crippen molar-refractivity contribution in [2.75, 3.05) is 17.2 Å². The lowest BCUT2D eigenvalue weighted by Crippen LogP contribution is -2.20. The highest BCUT2D eigenvalue weighted by Gasteiger charge is 2.06. The van der Waals surface area contributed by atoms with Gasteiger partial charge in [0.15, 0.2) is 6.61 Å². The number of para-hydroxylation sites is 1. The first-order chi connectivity index (χ1) is 15.2. The summed E-state index contributed by atoms with van der Waals surface area (Å²) in [6, 6.07) is 26.8. The van der Waals surface area contributed by atoms with Gasteiger partial charge in [-0.2, -0.15) is 0 Å². The number of nitrogens with zero attached hydrogens (tertiary/aromatic N) is 2. The Morgan fingerprint density at radius 3 is 2.35 bits per heavy atom. The molecule has 0 bridgehead atoms. The first-order valence-corrected chi connectivity index (χ1v) is 9.90.